The SMILES string of the molecule is CC(C)(C(=O)N1CCC2CCC(C1)N2)c1ccc(F)cc1.Cl. The predicted octanol–water partition coefficient (Wildman–Crippen LogP) is 2.88. The highest BCUT2D eigenvalue weighted by Gasteiger charge is 2.37. The van der Waals surface area contributed by atoms with Crippen molar-refractivity contribution < 1.29 is 9.18 Å². The standard InChI is InChI=1S/C17H23FN2O.ClH/c1-17(2,12-3-5-13(18)6-4-12)16(21)20-10-9-14-7-8-15(11-20)19-14;/h3-6,14-15,19H,7-11H2,1-2H3;1H. The number of halogens is 2. The van der Waals surface area contributed by atoms with Crippen LogP contribution in [0.4, 0.5) is 4.39 Å². The predicted molar refractivity (Wildman–Crippen MR) is 87.8 cm³/mol. The minimum absolute atomic E-state index is 0. The lowest BCUT2D eigenvalue weighted by Gasteiger charge is -2.33. The van der Waals surface area contributed by atoms with Crippen LogP contribution in [0.1, 0.15) is 38.7 Å². The number of fused-ring (bicyclic) bond motifs is 2. The van der Waals surface area contributed by atoms with Crippen molar-refractivity contribution in [3.63, 3.8) is 0 Å². The van der Waals surface area contributed by atoms with Crippen LogP contribution in [0, 0.1) is 5.82 Å². The van der Waals surface area contributed by atoms with Crippen molar-refractivity contribution in [1.29, 1.82) is 0 Å². The van der Waals surface area contributed by atoms with Gasteiger partial charge in [-0.15, -0.1) is 12.4 Å². The molecule has 5 heteroatoms. The van der Waals surface area contributed by atoms with Gasteiger partial charge in [-0.2, -0.15) is 0 Å². The molecule has 1 aromatic carbocycles. The van der Waals surface area contributed by atoms with Crippen LogP contribution >= 0.6 is 12.4 Å². The molecule has 2 bridgehead atoms. The van der Waals surface area contributed by atoms with Crippen molar-refractivity contribution >= 4 is 18.3 Å². The molecule has 0 radical (unpaired) electrons. The molecule has 2 aliphatic rings. The van der Waals surface area contributed by atoms with Gasteiger partial charge in [0.1, 0.15) is 5.82 Å². The van der Waals surface area contributed by atoms with E-state index in [1.165, 1.54) is 18.6 Å². The van der Waals surface area contributed by atoms with E-state index in [1.54, 1.807) is 12.1 Å². The summed E-state index contributed by atoms with van der Waals surface area (Å²) in [5.74, 6) is -0.123. The molecule has 0 aromatic heterocycles. The molecule has 1 N–H and O–H groups in total. The van der Waals surface area contributed by atoms with Crippen LogP contribution in [0.25, 0.3) is 0 Å². The van der Waals surface area contributed by atoms with Crippen molar-refractivity contribution in [1.82, 2.24) is 10.2 Å². The molecule has 2 atom stereocenters. The summed E-state index contributed by atoms with van der Waals surface area (Å²) in [7, 11) is 0. The molecule has 0 spiro atoms. The van der Waals surface area contributed by atoms with Gasteiger partial charge in [0.25, 0.3) is 0 Å². The summed E-state index contributed by atoms with van der Waals surface area (Å²) >= 11 is 0. The lowest BCUT2D eigenvalue weighted by Crippen LogP contribution is -2.47. The number of hydrogen-bond donors (Lipinski definition) is 1. The Bertz CT molecular complexity index is 532. The molecule has 22 heavy (non-hydrogen) atoms. The highest BCUT2D eigenvalue weighted by atomic mass is 35.5. The van der Waals surface area contributed by atoms with E-state index in [1.807, 2.05) is 18.7 Å². The van der Waals surface area contributed by atoms with Gasteiger partial charge in [0.05, 0.1) is 5.41 Å². The van der Waals surface area contributed by atoms with E-state index in [0.717, 1.165) is 31.5 Å². The number of nitrogens with zero attached hydrogens (tertiary/aromatic N) is 1. The summed E-state index contributed by atoms with van der Waals surface area (Å²) in [4.78, 5) is 14.9. The second kappa shape index (κ2) is 6.55. The van der Waals surface area contributed by atoms with E-state index in [9.17, 15) is 9.18 Å². The maximum Gasteiger partial charge on any atom is 0.232 e. The maximum atomic E-state index is 13.1. The van der Waals surface area contributed by atoms with Crippen LogP contribution in [0.15, 0.2) is 24.3 Å². The van der Waals surface area contributed by atoms with Gasteiger partial charge in [0.15, 0.2) is 0 Å². The third-order valence-corrected chi connectivity index (χ3v) is 4.91. The molecule has 122 valence electrons. The Balaban J connectivity index is 0.00000176. The molecule has 2 aliphatic heterocycles. The lowest BCUT2D eigenvalue weighted by molar-refractivity contribution is -0.136. The van der Waals surface area contributed by atoms with Gasteiger partial charge in [0, 0.05) is 25.2 Å². The summed E-state index contributed by atoms with van der Waals surface area (Å²) in [5, 5.41) is 3.59. The highest BCUT2D eigenvalue weighted by molar-refractivity contribution is 5.87. The van der Waals surface area contributed by atoms with Gasteiger partial charge in [-0.05, 0) is 50.8 Å². The number of likely N-dealkylation sites (tertiary alicyclic amines) is 1. The van der Waals surface area contributed by atoms with E-state index in [4.69, 9.17) is 0 Å². The van der Waals surface area contributed by atoms with Crippen molar-refractivity contribution in [3.05, 3.63) is 35.6 Å². The molecule has 2 fully saturated rings. The number of benzene rings is 1. The first-order valence-corrected chi connectivity index (χ1v) is 7.78. The third kappa shape index (κ3) is 3.28. The second-order valence-electron chi connectivity index (χ2n) is 6.81. The van der Waals surface area contributed by atoms with Gasteiger partial charge in [-0.25, -0.2) is 4.39 Å². The van der Waals surface area contributed by atoms with Gasteiger partial charge in [-0.1, -0.05) is 12.1 Å². The molecule has 0 aliphatic carbocycles. The van der Waals surface area contributed by atoms with Crippen molar-refractivity contribution in [3.8, 4) is 0 Å². The summed E-state index contributed by atoms with van der Waals surface area (Å²) in [6, 6.07) is 7.30. The zero-order chi connectivity index (χ0) is 15.0. The number of carbonyl (C=O) groups is 1. The number of nitrogens with one attached hydrogen (secondary N) is 1. The summed E-state index contributed by atoms with van der Waals surface area (Å²) in [5.41, 5.74) is 0.258. The van der Waals surface area contributed by atoms with Gasteiger partial charge in [-0.3, -0.25) is 4.79 Å². The van der Waals surface area contributed by atoms with Gasteiger partial charge < -0.3 is 10.2 Å². The number of hydrogen-bond acceptors (Lipinski definition) is 2. The summed E-state index contributed by atoms with van der Waals surface area (Å²) < 4.78 is 13.1. The highest BCUT2D eigenvalue weighted by Crippen LogP contribution is 2.28. The molecule has 2 heterocycles. The van der Waals surface area contributed by atoms with Crippen molar-refractivity contribution in [2.75, 3.05) is 13.1 Å². The zero-order valence-electron chi connectivity index (χ0n) is 13.1. The number of carbonyl (C=O) groups excluding carboxylic acids is 1. The first-order chi connectivity index (χ1) is 9.96. The monoisotopic (exact) mass is 326 g/mol. The number of rotatable bonds is 2. The average Bonchev–Trinajstić information content (AvgIpc) is 2.78. The molecule has 2 saturated heterocycles. The Hall–Kier alpha value is -1.13. The summed E-state index contributed by atoms with van der Waals surface area (Å²) in [6.45, 7) is 5.47. The quantitative estimate of drug-likeness (QED) is 0.906. The Morgan fingerprint density at radius 2 is 1.82 bits per heavy atom. The normalized spacial score (nSPS) is 24.6. The van der Waals surface area contributed by atoms with Crippen molar-refractivity contribution in [2.45, 2.75) is 50.6 Å². The fraction of sp³-hybridized carbons (Fsp3) is 0.588. The maximum absolute atomic E-state index is 13.1. The van der Waals surface area contributed by atoms with Crippen LogP contribution in [-0.4, -0.2) is 36.0 Å². The Morgan fingerprint density at radius 3 is 2.50 bits per heavy atom. The van der Waals surface area contributed by atoms with Crippen LogP contribution in [0.2, 0.25) is 0 Å². The lowest BCUT2D eigenvalue weighted by atomic mass is 9.83. The van der Waals surface area contributed by atoms with Crippen LogP contribution < -0.4 is 5.32 Å². The first kappa shape index (κ1) is 17.2. The molecular weight excluding hydrogens is 303 g/mol. The van der Waals surface area contributed by atoms with Gasteiger partial charge in [0.2, 0.25) is 5.91 Å². The van der Waals surface area contributed by atoms with E-state index in [0.29, 0.717) is 12.1 Å². The first-order valence-electron chi connectivity index (χ1n) is 7.78. The third-order valence-electron chi connectivity index (χ3n) is 4.91. The molecule has 1 aromatic rings. The Kier molecular flexibility index (Phi) is 5.13. The molecule has 1 amide bonds. The van der Waals surface area contributed by atoms with E-state index < -0.39 is 5.41 Å². The fourth-order valence-corrected chi connectivity index (χ4v) is 3.51. The minimum Gasteiger partial charge on any atom is -0.340 e. The molecule has 2 unspecified atom stereocenters. The second-order valence-corrected chi connectivity index (χ2v) is 6.81. The number of amides is 1. The zero-order valence-corrected chi connectivity index (χ0v) is 14.0. The van der Waals surface area contributed by atoms with E-state index in [-0.39, 0.29) is 24.1 Å². The molecule has 0 saturated carbocycles. The van der Waals surface area contributed by atoms with Crippen LogP contribution in [0.3, 0.4) is 0 Å². The molecule has 3 nitrogen and oxygen atoms in total. The smallest absolute Gasteiger partial charge is 0.232 e. The fourth-order valence-electron chi connectivity index (χ4n) is 3.51. The largest absolute Gasteiger partial charge is 0.340 e. The van der Waals surface area contributed by atoms with E-state index in [2.05, 4.69) is 5.32 Å². The Labute approximate surface area is 137 Å². The van der Waals surface area contributed by atoms with Crippen molar-refractivity contribution in [2.24, 2.45) is 0 Å². The van der Waals surface area contributed by atoms with E-state index >= 15 is 0 Å². The Morgan fingerprint density at radius 1 is 1.18 bits per heavy atom. The molecular formula is C17H24ClFN2O. The topological polar surface area (TPSA) is 32.3 Å². The van der Waals surface area contributed by atoms with Gasteiger partial charge >= 0.3 is 0 Å². The summed E-state index contributed by atoms with van der Waals surface area (Å²) in [6.07, 6.45) is 3.42. The average molecular weight is 327 g/mol. The van der Waals surface area contributed by atoms with Crippen LogP contribution in [-0.2, 0) is 10.2 Å². The van der Waals surface area contributed by atoms with Crippen LogP contribution in [0.5, 0.6) is 0 Å². The molecule has 3 rings (SSSR count). The minimum atomic E-state index is -0.614.